The first-order valence-corrected chi connectivity index (χ1v) is 9.32. The van der Waals surface area contributed by atoms with Gasteiger partial charge in [0.05, 0.1) is 13.2 Å². The van der Waals surface area contributed by atoms with Crippen LogP contribution in [0.1, 0.15) is 38.7 Å². The molecule has 1 rings (SSSR count). The molecule has 0 aliphatic heterocycles. The van der Waals surface area contributed by atoms with Crippen molar-refractivity contribution in [2.24, 2.45) is 0 Å². The lowest BCUT2D eigenvalue weighted by Gasteiger charge is -2.21. The molecule has 1 aromatic carbocycles. The zero-order valence-electron chi connectivity index (χ0n) is 16.2. The summed E-state index contributed by atoms with van der Waals surface area (Å²) in [6.07, 6.45) is 3.99. The standard InChI is InChI=1S/C20H34N2O3/c1-5-7-14-25-18-10-8-9-17(15-18)11-12-21-19(16-24-13-6-2)20(23)22(3)4/h8-10,15,19,21H,5-7,11-14,16H2,1-4H3. The van der Waals surface area contributed by atoms with Crippen molar-refractivity contribution >= 4 is 5.91 Å². The second-order valence-corrected chi connectivity index (χ2v) is 6.41. The lowest BCUT2D eigenvalue weighted by Crippen LogP contribution is -2.47. The Kier molecular flexibility index (Phi) is 10.9. The number of likely N-dealkylation sites (N-methyl/N-ethyl adjacent to an activating group) is 1. The molecule has 5 heteroatoms. The topological polar surface area (TPSA) is 50.8 Å². The van der Waals surface area contributed by atoms with Gasteiger partial charge in [-0.2, -0.15) is 0 Å². The van der Waals surface area contributed by atoms with Crippen molar-refractivity contribution < 1.29 is 14.3 Å². The van der Waals surface area contributed by atoms with E-state index in [9.17, 15) is 4.79 Å². The molecule has 5 nitrogen and oxygen atoms in total. The van der Waals surface area contributed by atoms with Crippen molar-refractivity contribution in [3.05, 3.63) is 29.8 Å². The highest BCUT2D eigenvalue weighted by atomic mass is 16.5. The Balaban J connectivity index is 2.48. The third kappa shape index (κ3) is 8.89. The number of ether oxygens (including phenoxy) is 2. The van der Waals surface area contributed by atoms with Gasteiger partial charge in [0.1, 0.15) is 11.8 Å². The normalized spacial score (nSPS) is 12.0. The smallest absolute Gasteiger partial charge is 0.241 e. The number of nitrogens with one attached hydrogen (secondary N) is 1. The molecule has 0 radical (unpaired) electrons. The Morgan fingerprint density at radius 2 is 2.00 bits per heavy atom. The van der Waals surface area contributed by atoms with Gasteiger partial charge in [-0.3, -0.25) is 4.79 Å². The molecular formula is C20H34N2O3. The molecule has 0 bridgehead atoms. The number of carbonyl (C=O) groups excluding carboxylic acids is 1. The largest absolute Gasteiger partial charge is 0.494 e. The Bertz CT molecular complexity index is 492. The number of benzene rings is 1. The monoisotopic (exact) mass is 350 g/mol. The van der Waals surface area contributed by atoms with Gasteiger partial charge in [0.2, 0.25) is 5.91 Å². The van der Waals surface area contributed by atoms with Crippen LogP contribution in [0, 0.1) is 0 Å². The van der Waals surface area contributed by atoms with Gasteiger partial charge in [0, 0.05) is 20.7 Å². The lowest BCUT2D eigenvalue weighted by molar-refractivity contribution is -0.132. The predicted octanol–water partition coefficient (Wildman–Crippen LogP) is 2.88. The van der Waals surface area contributed by atoms with Gasteiger partial charge in [-0.1, -0.05) is 32.4 Å². The van der Waals surface area contributed by atoms with Crippen LogP contribution >= 0.6 is 0 Å². The summed E-state index contributed by atoms with van der Waals surface area (Å²) < 4.78 is 11.3. The van der Waals surface area contributed by atoms with Crippen molar-refractivity contribution in [3.63, 3.8) is 0 Å². The number of carbonyl (C=O) groups is 1. The molecule has 142 valence electrons. The zero-order chi connectivity index (χ0) is 18.5. The Hall–Kier alpha value is -1.59. The van der Waals surface area contributed by atoms with Crippen LogP contribution in [0.25, 0.3) is 0 Å². The highest BCUT2D eigenvalue weighted by Crippen LogP contribution is 2.14. The van der Waals surface area contributed by atoms with E-state index in [-0.39, 0.29) is 11.9 Å². The number of hydrogen-bond donors (Lipinski definition) is 1. The molecule has 1 amide bonds. The van der Waals surface area contributed by atoms with E-state index in [1.165, 1.54) is 5.56 Å². The van der Waals surface area contributed by atoms with E-state index in [1.807, 2.05) is 12.1 Å². The van der Waals surface area contributed by atoms with Gasteiger partial charge >= 0.3 is 0 Å². The highest BCUT2D eigenvalue weighted by molar-refractivity contribution is 5.81. The minimum Gasteiger partial charge on any atom is -0.494 e. The third-order valence-electron chi connectivity index (χ3n) is 3.84. The number of rotatable bonds is 13. The maximum absolute atomic E-state index is 12.2. The maximum Gasteiger partial charge on any atom is 0.241 e. The Morgan fingerprint density at radius 3 is 2.68 bits per heavy atom. The van der Waals surface area contributed by atoms with Crippen molar-refractivity contribution in [3.8, 4) is 5.75 Å². The Labute approximate surface area is 152 Å². The molecule has 0 aliphatic rings. The van der Waals surface area contributed by atoms with E-state index >= 15 is 0 Å². The summed E-state index contributed by atoms with van der Waals surface area (Å²) in [5.41, 5.74) is 1.20. The molecule has 0 aromatic heterocycles. The second-order valence-electron chi connectivity index (χ2n) is 6.41. The van der Waals surface area contributed by atoms with Crippen LogP contribution in [0.5, 0.6) is 5.75 Å². The average molecular weight is 351 g/mol. The fourth-order valence-corrected chi connectivity index (χ4v) is 2.39. The molecule has 0 heterocycles. The van der Waals surface area contributed by atoms with Gasteiger partial charge in [0.15, 0.2) is 0 Å². The van der Waals surface area contributed by atoms with Crippen LogP contribution in [0.15, 0.2) is 24.3 Å². The molecule has 25 heavy (non-hydrogen) atoms. The van der Waals surface area contributed by atoms with Gasteiger partial charge in [-0.15, -0.1) is 0 Å². The molecular weight excluding hydrogens is 316 g/mol. The molecule has 0 saturated heterocycles. The van der Waals surface area contributed by atoms with Crippen molar-refractivity contribution in [1.29, 1.82) is 0 Å². The highest BCUT2D eigenvalue weighted by Gasteiger charge is 2.19. The lowest BCUT2D eigenvalue weighted by atomic mass is 10.1. The molecule has 0 saturated carbocycles. The first-order valence-electron chi connectivity index (χ1n) is 9.32. The fraction of sp³-hybridized carbons (Fsp3) is 0.650. The summed E-state index contributed by atoms with van der Waals surface area (Å²) in [4.78, 5) is 13.9. The van der Waals surface area contributed by atoms with Crippen LogP contribution in [0.4, 0.5) is 0 Å². The maximum atomic E-state index is 12.2. The Morgan fingerprint density at radius 1 is 1.20 bits per heavy atom. The first kappa shape index (κ1) is 21.5. The van der Waals surface area contributed by atoms with E-state index in [0.717, 1.165) is 44.6 Å². The summed E-state index contributed by atoms with van der Waals surface area (Å²) >= 11 is 0. The molecule has 0 spiro atoms. The quantitative estimate of drug-likeness (QED) is 0.556. The number of hydrogen-bond acceptors (Lipinski definition) is 4. The number of unbranched alkanes of at least 4 members (excludes halogenated alkanes) is 1. The van der Waals surface area contributed by atoms with Crippen LogP contribution < -0.4 is 10.1 Å². The number of amides is 1. The van der Waals surface area contributed by atoms with Crippen LogP contribution in [-0.4, -0.2) is 57.3 Å². The van der Waals surface area contributed by atoms with Gasteiger partial charge < -0.3 is 19.7 Å². The molecule has 1 unspecified atom stereocenters. The SMILES string of the molecule is CCCCOc1cccc(CCNC(COCCC)C(=O)N(C)C)c1. The van der Waals surface area contributed by atoms with E-state index in [1.54, 1.807) is 19.0 Å². The van der Waals surface area contributed by atoms with E-state index in [4.69, 9.17) is 9.47 Å². The van der Waals surface area contributed by atoms with Crippen LogP contribution in [0.2, 0.25) is 0 Å². The molecule has 1 N–H and O–H groups in total. The summed E-state index contributed by atoms with van der Waals surface area (Å²) in [6.45, 7) is 6.78. The second kappa shape index (κ2) is 12.7. The van der Waals surface area contributed by atoms with E-state index in [2.05, 4.69) is 31.3 Å². The van der Waals surface area contributed by atoms with Gasteiger partial charge in [-0.05, 0) is 43.5 Å². The third-order valence-corrected chi connectivity index (χ3v) is 3.84. The van der Waals surface area contributed by atoms with Crippen molar-refractivity contribution in [2.75, 3.05) is 40.5 Å². The van der Waals surface area contributed by atoms with E-state index < -0.39 is 0 Å². The van der Waals surface area contributed by atoms with Crippen LogP contribution in [0.3, 0.4) is 0 Å². The molecule has 0 aliphatic carbocycles. The van der Waals surface area contributed by atoms with Gasteiger partial charge in [-0.25, -0.2) is 0 Å². The minimum atomic E-state index is -0.300. The zero-order valence-corrected chi connectivity index (χ0v) is 16.2. The van der Waals surface area contributed by atoms with Gasteiger partial charge in [0.25, 0.3) is 0 Å². The number of nitrogens with zero attached hydrogens (tertiary/aromatic N) is 1. The summed E-state index contributed by atoms with van der Waals surface area (Å²) in [5, 5.41) is 3.32. The van der Waals surface area contributed by atoms with Crippen LogP contribution in [-0.2, 0) is 16.0 Å². The first-order chi connectivity index (χ1) is 12.1. The molecule has 1 aromatic rings. The fourth-order valence-electron chi connectivity index (χ4n) is 2.39. The molecule has 1 atom stereocenters. The summed E-state index contributed by atoms with van der Waals surface area (Å²) in [7, 11) is 3.54. The van der Waals surface area contributed by atoms with E-state index in [0.29, 0.717) is 13.2 Å². The predicted molar refractivity (Wildman–Crippen MR) is 102 cm³/mol. The van der Waals surface area contributed by atoms with Crippen molar-refractivity contribution in [2.45, 2.75) is 45.6 Å². The summed E-state index contributed by atoms with van der Waals surface area (Å²) in [5.74, 6) is 0.964. The average Bonchev–Trinajstić information content (AvgIpc) is 2.60. The minimum absolute atomic E-state index is 0.0488. The summed E-state index contributed by atoms with van der Waals surface area (Å²) in [6, 6.07) is 7.87. The molecule has 0 fully saturated rings. The van der Waals surface area contributed by atoms with Crippen molar-refractivity contribution in [1.82, 2.24) is 10.2 Å².